The smallest absolute Gasteiger partial charge is 0.240 e. The minimum atomic E-state index is -0.552. The van der Waals surface area contributed by atoms with Gasteiger partial charge in [0.05, 0.1) is 13.2 Å². The van der Waals surface area contributed by atoms with Gasteiger partial charge < -0.3 is 15.5 Å². The Balaban J connectivity index is 1.50. The Kier molecular flexibility index (Phi) is 5.70. The van der Waals surface area contributed by atoms with Gasteiger partial charge in [0.15, 0.2) is 5.82 Å². The Morgan fingerprint density at radius 1 is 1.03 bits per heavy atom. The molecule has 1 aromatic heterocycles. The molecule has 0 aliphatic carbocycles. The molecule has 0 radical (unpaired) electrons. The van der Waals surface area contributed by atoms with Crippen LogP contribution in [0.1, 0.15) is 11.6 Å². The molecule has 2 heterocycles. The maximum Gasteiger partial charge on any atom is 0.240 e. The van der Waals surface area contributed by atoms with E-state index in [-0.39, 0.29) is 17.8 Å². The Morgan fingerprint density at radius 3 is 2.45 bits per heavy atom. The number of aromatic nitrogens is 3. The number of rotatable bonds is 5. The summed E-state index contributed by atoms with van der Waals surface area (Å²) in [5, 5.41) is 11.6. The number of thioether (sulfide) groups is 1. The van der Waals surface area contributed by atoms with Gasteiger partial charge in [0.2, 0.25) is 11.1 Å². The van der Waals surface area contributed by atoms with Gasteiger partial charge in [-0.05, 0) is 42.0 Å². The highest BCUT2D eigenvalue weighted by atomic mass is 32.2. The SMILES string of the molecule is COc1ccc([C@@H]2Nn3c(nnc3-c3ccccc3)S[C@H]2C(=O)Nc2ccc(F)cc2)cc1. The molecule has 1 amide bonds. The highest BCUT2D eigenvalue weighted by molar-refractivity contribution is 8.00. The lowest BCUT2D eigenvalue weighted by atomic mass is 10.0. The largest absolute Gasteiger partial charge is 0.497 e. The number of benzene rings is 3. The molecule has 0 bridgehead atoms. The maximum atomic E-state index is 13.3. The molecule has 0 fully saturated rings. The van der Waals surface area contributed by atoms with E-state index in [0.717, 1.165) is 16.9 Å². The van der Waals surface area contributed by atoms with Gasteiger partial charge in [0.25, 0.3) is 0 Å². The van der Waals surface area contributed by atoms with E-state index in [9.17, 15) is 9.18 Å². The quantitative estimate of drug-likeness (QED) is 0.456. The van der Waals surface area contributed by atoms with Gasteiger partial charge >= 0.3 is 0 Å². The van der Waals surface area contributed by atoms with Crippen LogP contribution in [0.5, 0.6) is 5.75 Å². The summed E-state index contributed by atoms with van der Waals surface area (Å²) >= 11 is 1.33. The van der Waals surface area contributed by atoms with Crippen LogP contribution in [0.3, 0.4) is 0 Å². The van der Waals surface area contributed by atoms with Gasteiger partial charge in [0.1, 0.15) is 16.8 Å². The third-order valence-corrected chi connectivity index (χ3v) is 6.53. The molecule has 1 aliphatic heterocycles. The fourth-order valence-electron chi connectivity index (χ4n) is 3.64. The van der Waals surface area contributed by atoms with E-state index in [4.69, 9.17) is 4.74 Å². The third-order valence-electron chi connectivity index (χ3n) is 5.31. The van der Waals surface area contributed by atoms with E-state index in [2.05, 4.69) is 20.9 Å². The average Bonchev–Trinajstić information content (AvgIpc) is 3.28. The lowest BCUT2D eigenvalue weighted by Gasteiger charge is -2.33. The summed E-state index contributed by atoms with van der Waals surface area (Å²) in [6.45, 7) is 0. The first-order chi connectivity index (χ1) is 16.1. The molecule has 0 unspecified atom stereocenters. The van der Waals surface area contributed by atoms with Crippen LogP contribution in [0.4, 0.5) is 10.1 Å². The molecule has 5 rings (SSSR count). The molecular weight excluding hydrogens is 441 g/mol. The fraction of sp³-hybridized carbons (Fsp3) is 0.125. The lowest BCUT2D eigenvalue weighted by Crippen LogP contribution is -2.41. The van der Waals surface area contributed by atoms with Gasteiger partial charge in [-0.3, -0.25) is 4.79 Å². The number of hydrogen-bond acceptors (Lipinski definition) is 6. The number of amides is 1. The molecule has 0 spiro atoms. The Labute approximate surface area is 194 Å². The molecular formula is C24H20FN5O2S. The van der Waals surface area contributed by atoms with Crippen LogP contribution in [-0.2, 0) is 4.79 Å². The molecule has 7 nitrogen and oxygen atoms in total. The van der Waals surface area contributed by atoms with Gasteiger partial charge in [-0.15, -0.1) is 10.2 Å². The molecule has 2 atom stereocenters. The number of fused-ring (bicyclic) bond motifs is 1. The van der Waals surface area contributed by atoms with Crippen molar-refractivity contribution in [3.63, 3.8) is 0 Å². The van der Waals surface area contributed by atoms with E-state index in [1.165, 1.54) is 36.0 Å². The molecule has 4 aromatic rings. The summed E-state index contributed by atoms with van der Waals surface area (Å²) in [5.41, 5.74) is 5.77. The predicted molar refractivity (Wildman–Crippen MR) is 125 cm³/mol. The predicted octanol–water partition coefficient (Wildman–Crippen LogP) is 4.49. The van der Waals surface area contributed by atoms with Crippen molar-refractivity contribution in [2.75, 3.05) is 17.9 Å². The number of methoxy groups -OCH3 is 1. The second-order valence-corrected chi connectivity index (χ2v) is 8.53. The van der Waals surface area contributed by atoms with Crippen molar-refractivity contribution in [1.29, 1.82) is 0 Å². The minimum absolute atomic E-state index is 0.226. The Morgan fingerprint density at radius 2 is 1.76 bits per heavy atom. The van der Waals surface area contributed by atoms with Crippen molar-refractivity contribution in [2.24, 2.45) is 0 Å². The molecule has 2 N–H and O–H groups in total. The normalized spacial score (nSPS) is 17.0. The van der Waals surface area contributed by atoms with Gasteiger partial charge in [-0.2, -0.15) is 0 Å². The van der Waals surface area contributed by atoms with Crippen LogP contribution in [0.15, 0.2) is 84.0 Å². The highest BCUT2D eigenvalue weighted by Crippen LogP contribution is 2.39. The minimum Gasteiger partial charge on any atom is -0.497 e. The number of carbonyl (C=O) groups is 1. The van der Waals surface area contributed by atoms with Gasteiger partial charge in [0, 0.05) is 11.3 Å². The monoisotopic (exact) mass is 461 g/mol. The summed E-state index contributed by atoms with van der Waals surface area (Å²) in [6.07, 6.45) is 0. The van der Waals surface area contributed by atoms with Crippen LogP contribution in [0.25, 0.3) is 11.4 Å². The second-order valence-electron chi connectivity index (χ2n) is 7.42. The number of ether oxygens (including phenoxy) is 1. The van der Waals surface area contributed by atoms with E-state index >= 15 is 0 Å². The zero-order valence-corrected chi connectivity index (χ0v) is 18.4. The standard InChI is InChI=1S/C24H20FN5O2S/c1-32-19-13-7-15(8-14-19)20-21(23(31)26-18-11-9-17(25)10-12-18)33-24-28-27-22(30(24)29-20)16-5-3-2-4-6-16/h2-14,20-21,29H,1H3,(H,26,31)/t20-,21+/m0/s1. The van der Waals surface area contributed by atoms with Crippen LogP contribution in [0, 0.1) is 5.82 Å². The van der Waals surface area contributed by atoms with Gasteiger partial charge in [-0.25, -0.2) is 9.07 Å². The first kappa shape index (κ1) is 21.0. The van der Waals surface area contributed by atoms with Crippen LogP contribution >= 0.6 is 11.8 Å². The lowest BCUT2D eigenvalue weighted by molar-refractivity contribution is -0.116. The third kappa shape index (κ3) is 4.27. The summed E-state index contributed by atoms with van der Waals surface area (Å²) in [6, 6.07) is 22.6. The fourth-order valence-corrected chi connectivity index (χ4v) is 4.72. The summed E-state index contributed by atoms with van der Waals surface area (Å²) in [7, 11) is 1.61. The number of nitrogens with zero attached hydrogens (tertiary/aromatic N) is 3. The van der Waals surface area contributed by atoms with Crippen LogP contribution < -0.4 is 15.5 Å². The van der Waals surface area contributed by atoms with Crippen molar-refractivity contribution >= 4 is 23.4 Å². The van der Waals surface area contributed by atoms with E-state index in [0.29, 0.717) is 16.7 Å². The van der Waals surface area contributed by atoms with E-state index in [1.807, 2.05) is 59.3 Å². The number of carbonyl (C=O) groups excluding carboxylic acids is 1. The number of nitrogens with one attached hydrogen (secondary N) is 2. The average molecular weight is 462 g/mol. The Bertz CT molecular complexity index is 1260. The maximum absolute atomic E-state index is 13.3. The molecule has 0 saturated heterocycles. The van der Waals surface area contributed by atoms with Crippen molar-refractivity contribution < 1.29 is 13.9 Å². The Hall–Kier alpha value is -3.85. The first-order valence-corrected chi connectivity index (χ1v) is 11.1. The molecule has 9 heteroatoms. The van der Waals surface area contributed by atoms with Crippen molar-refractivity contribution in [3.8, 4) is 17.1 Å². The van der Waals surface area contributed by atoms with Crippen molar-refractivity contribution in [3.05, 3.63) is 90.2 Å². The highest BCUT2D eigenvalue weighted by Gasteiger charge is 2.38. The van der Waals surface area contributed by atoms with Crippen molar-refractivity contribution in [2.45, 2.75) is 16.4 Å². The van der Waals surface area contributed by atoms with E-state index in [1.54, 1.807) is 7.11 Å². The number of halogens is 1. The molecule has 166 valence electrons. The summed E-state index contributed by atoms with van der Waals surface area (Å²) < 4.78 is 20.4. The summed E-state index contributed by atoms with van der Waals surface area (Å²) in [5.74, 6) is 0.799. The van der Waals surface area contributed by atoms with Crippen LogP contribution in [-0.4, -0.2) is 33.1 Å². The van der Waals surface area contributed by atoms with Crippen LogP contribution in [0.2, 0.25) is 0 Å². The molecule has 33 heavy (non-hydrogen) atoms. The second kappa shape index (κ2) is 8.95. The first-order valence-electron chi connectivity index (χ1n) is 10.3. The number of hydrogen-bond donors (Lipinski definition) is 2. The molecule has 1 aliphatic rings. The topological polar surface area (TPSA) is 81.1 Å². The van der Waals surface area contributed by atoms with E-state index < -0.39 is 5.25 Å². The van der Waals surface area contributed by atoms with Gasteiger partial charge in [-0.1, -0.05) is 54.2 Å². The zero-order chi connectivity index (χ0) is 22.8. The summed E-state index contributed by atoms with van der Waals surface area (Å²) in [4.78, 5) is 13.3. The zero-order valence-electron chi connectivity index (χ0n) is 17.6. The number of anilines is 1. The molecule has 3 aromatic carbocycles. The molecule has 0 saturated carbocycles. The van der Waals surface area contributed by atoms with Crippen molar-refractivity contribution in [1.82, 2.24) is 14.9 Å².